The van der Waals surface area contributed by atoms with Crippen molar-refractivity contribution in [3.63, 3.8) is 0 Å². The van der Waals surface area contributed by atoms with Crippen LogP contribution in [0.3, 0.4) is 0 Å². The molecule has 0 saturated carbocycles. The molecule has 0 radical (unpaired) electrons. The molecule has 0 amide bonds. The Morgan fingerprint density at radius 3 is 2.63 bits per heavy atom. The molecule has 144 valence electrons. The lowest BCUT2D eigenvalue weighted by atomic mass is 9.88. The molecule has 0 spiro atoms. The number of carboxylic acids is 1. The molecule has 1 aliphatic heterocycles. The molecule has 0 unspecified atom stereocenters. The van der Waals surface area contributed by atoms with Crippen molar-refractivity contribution in [2.45, 2.75) is 5.92 Å². The Hall–Kier alpha value is -3.03. The minimum atomic E-state index is -0.839. The Balaban J connectivity index is 1.97. The smallest absolute Gasteiger partial charge is 0.308 e. The van der Waals surface area contributed by atoms with Crippen molar-refractivity contribution >= 4 is 17.6 Å². The first-order valence-corrected chi connectivity index (χ1v) is 8.64. The third-order valence-electron chi connectivity index (χ3n) is 4.89. The SMILES string of the molecule is COc1cccc([C@@H]2CN(c3cc(N(C)C)ncn3)C[C@H]2C(=O)O)c1OC. The average Bonchev–Trinajstić information content (AvgIpc) is 3.13. The van der Waals surface area contributed by atoms with E-state index in [2.05, 4.69) is 9.97 Å². The normalized spacial score (nSPS) is 19.0. The van der Waals surface area contributed by atoms with Crippen LogP contribution in [0.5, 0.6) is 11.5 Å². The van der Waals surface area contributed by atoms with Gasteiger partial charge in [-0.3, -0.25) is 4.79 Å². The summed E-state index contributed by atoms with van der Waals surface area (Å²) < 4.78 is 10.9. The molecule has 0 aliphatic carbocycles. The molecule has 8 heteroatoms. The Kier molecular flexibility index (Phi) is 5.34. The molecule has 1 saturated heterocycles. The number of ether oxygens (including phenoxy) is 2. The minimum absolute atomic E-state index is 0.245. The van der Waals surface area contributed by atoms with Gasteiger partial charge in [0, 0.05) is 44.7 Å². The predicted molar refractivity (Wildman–Crippen MR) is 102 cm³/mol. The summed E-state index contributed by atoms with van der Waals surface area (Å²) in [6.45, 7) is 0.884. The standard InChI is InChI=1S/C19H24N4O4/c1-22(2)16-8-17(21-11-20-16)23-9-13(14(10-23)19(24)25)12-6-5-7-15(26-3)18(12)27-4/h5-8,11,13-14H,9-10H2,1-4H3,(H,24,25)/t13-,14+/m0/s1. The average molecular weight is 372 g/mol. The second-order valence-corrected chi connectivity index (χ2v) is 6.67. The van der Waals surface area contributed by atoms with Crippen LogP contribution < -0.4 is 19.3 Å². The third-order valence-corrected chi connectivity index (χ3v) is 4.89. The molecule has 0 bridgehead atoms. The molecule has 1 aliphatic rings. The summed E-state index contributed by atoms with van der Waals surface area (Å²) >= 11 is 0. The van der Waals surface area contributed by atoms with E-state index in [1.165, 1.54) is 6.33 Å². The molecule has 1 fully saturated rings. The van der Waals surface area contributed by atoms with Crippen LogP contribution in [0.25, 0.3) is 0 Å². The van der Waals surface area contributed by atoms with Crippen LogP contribution in [0.1, 0.15) is 11.5 Å². The van der Waals surface area contributed by atoms with E-state index in [1.807, 2.05) is 42.1 Å². The number of aromatic nitrogens is 2. The maximum atomic E-state index is 12.0. The monoisotopic (exact) mass is 372 g/mol. The number of para-hydroxylation sites is 1. The van der Waals surface area contributed by atoms with Crippen LogP contribution in [0.2, 0.25) is 0 Å². The van der Waals surface area contributed by atoms with Gasteiger partial charge < -0.3 is 24.4 Å². The molecule has 1 aromatic carbocycles. The van der Waals surface area contributed by atoms with E-state index >= 15 is 0 Å². The lowest BCUT2D eigenvalue weighted by Crippen LogP contribution is -2.24. The van der Waals surface area contributed by atoms with E-state index in [4.69, 9.17) is 9.47 Å². The number of hydrogen-bond donors (Lipinski definition) is 1. The number of aliphatic carboxylic acids is 1. The lowest BCUT2D eigenvalue weighted by molar-refractivity contribution is -0.141. The first-order chi connectivity index (χ1) is 13.0. The number of methoxy groups -OCH3 is 2. The van der Waals surface area contributed by atoms with Crippen LogP contribution in [-0.2, 0) is 4.79 Å². The molecule has 2 heterocycles. The predicted octanol–water partition coefficient (Wildman–Crippen LogP) is 1.86. The topological polar surface area (TPSA) is 88.0 Å². The van der Waals surface area contributed by atoms with E-state index in [0.717, 1.165) is 11.4 Å². The number of carbonyl (C=O) groups is 1. The number of anilines is 2. The number of benzene rings is 1. The van der Waals surface area contributed by atoms with Crippen LogP contribution in [0, 0.1) is 5.92 Å². The summed E-state index contributed by atoms with van der Waals surface area (Å²) in [5.41, 5.74) is 0.827. The van der Waals surface area contributed by atoms with Crippen LogP contribution in [-0.4, -0.2) is 62.4 Å². The largest absolute Gasteiger partial charge is 0.493 e. The second-order valence-electron chi connectivity index (χ2n) is 6.67. The van der Waals surface area contributed by atoms with Gasteiger partial charge in [0.1, 0.15) is 18.0 Å². The maximum absolute atomic E-state index is 12.0. The van der Waals surface area contributed by atoms with E-state index in [0.29, 0.717) is 30.4 Å². The Morgan fingerprint density at radius 2 is 2.00 bits per heavy atom. The van der Waals surface area contributed by atoms with E-state index in [-0.39, 0.29) is 5.92 Å². The van der Waals surface area contributed by atoms with Crippen molar-refractivity contribution in [3.05, 3.63) is 36.2 Å². The molecule has 8 nitrogen and oxygen atoms in total. The maximum Gasteiger partial charge on any atom is 0.308 e. The van der Waals surface area contributed by atoms with Crippen molar-refractivity contribution in [3.8, 4) is 11.5 Å². The highest BCUT2D eigenvalue weighted by Crippen LogP contribution is 2.42. The Morgan fingerprint density at radius 1 is 1.22 bits per heavy atom. The van der Waals surface area contributed by atoms with Gasteiger partial charge in [-0.2, -0.15) is 0 Å². The molecular weight excluding hydrogens is 348 g/mol. The quantitative estimate of drug-likeness (QED) is 0.822. The fraction of sp³-hybridized carbons (Fsp3) is 0.421. The third kappa shape index (κ3) is 3.60. The summed E-state index contributed by atoms with van der Waals surface area (Å²) in [5, 5.41) is 9.80. The van der Waals surface area contributed by atoms with Gasteiger partial charge in [0.2, 0.25) is 0 Å². The van der Waals surface area contributed by atoms with Crippen molar-refractivity contribution in [2.24, 2.45) is 5.92 Å². The van der Waals surface area contributed by atoms with E-state index in [1.54, 1.807) is 20.3 Å². The summed E-state index contributed by atoms with van der Waals surface area (Å²) in [6, 6.07) is 7.42. The van der Waals surface area contributed by atoms with Gasteiger partial charge >= 0.3 is 5.97 Å². The number of hydrogen-bond acceptors (Lipinski definition) is 7. The Labute approximate surface area is 158 Å². The van der Waals surface area contributed by atoms with Crippen molar-refractivity contribution in [1.82, 2.24) is 9.97 Å². The molecule has 2 atom stereocenters. The number of carboxylic acid groups (broad SMARTS) is 1. The first kappa shape index (κ1) is 18.8. The van der Waals surface area contributed by atoms with E-state index < -0.39 is 11.9 Å². The van der Waals surface area contributed by atoms with Gasteiger partial charge in [0.15, 0.2) is 11.5 Å². The zero-order valence-corrected chi connectivity index (χ0v) is 15.9. The van der Waals surface area contributed by atoms with Gasteiger partial charge in [0.05, 0.1) is 20.1 Å². The summed E-state index contributed by atoms with van der Waals surface area (Å²) in [7, 11) is 6.94. The second kappa shape index (κ2) is 7.69. The minimum Gasteiger partial charge on any atom is -0.493 e. The van der Waals surface area contributed by atoms with Crippen molar-refractivity contribution in [2.75, 3.05) is 51.2 Å². The number of nitrogens with zero attached hydrogens (tertiary/aromatic N) is 4. The highest BCUT2D eigenvalue weighted by Gasteiger charge is 2.41. The molecule has 2 aromatic rings. The molecule has 1 aromatic heterocycles. The van der Waals surface area contributed by atoms with Crippen LogP contribution >= 0.6 is 0 Å². The summed E-state index contributed by atoms with van der Waals surface area (Å²) in [5.74, 6) is 0.992. The van der Waals surface area contributed by atoms with Crippen LogP contribution in [0.4, 0.5) is 11.6 Å². The molecule has 3 rings (SSSR count). The van der Waals surface area contributed by atoms with Gasteiger partial charge in [-0.1, -0.05) is 12.1 Å². The number of rotatable bonds is 6. The summed E-state index contributed by atoms with van der Waals surface area (Å²) in [6.07, 6.45) is 1.50. The van der Waals surface area contributed by atoms with Crippen molar-refractivity contribution in [1.29, 1.82) is 0 Å². The van der Waals surface area contributed by atoms with Gasteiger partial charge in [0.25, 0.3) is 0 Å². The first-order valence-electron chi connectivity index (χ1n) is 8.64. The van der Waals surface area contributed by atoms with Gasteiger partial charge in [-0.25, -0.2) is 9.97 Å². The molecular formula is C19H24N4O4. The zero-order valence-electron chi connectivity index (χ0n) is 15.9. The molecule has 27 heavy (non-hydrogen) atoms. The van der Waals surface area contributed by atoms with Gasteiger partial charge in [-0.05, 0) is 6.07 Å². The molecule has 1 N–H and O–H groups in total. The van der Waals surface area contributed by atoms with E-state index in [9.17, 15) is 9.90 Å². The fourth-order valence-corrected chi connectivity index (χ4v) is 3.51. The van der Waals surface area contributed by atoms with Crippen molar-refractivity contribution < 1.29 is 19.4 Å². The van der Waals surface area contributed by atoms with Gasteiger partial charge in [-0.15, -0.1) is 0 Å². The van der Waals surface area contributed by atoms with Crippen LogP contribution in [0.15, 0.2) is 30.6 Å². The fourth-order valence-electron chi connectivity index (χ4n) is 3.51. The summed E-state index contributed by atoms with van der Waals surface area (Å²) in [4.78, 5) is 24.4. The zero-order chi connectivity index (χ0) is 19.6. The highest BCUT2D eigenvalue weighted by molar-refractivity contribution is 5.74. The Bertz CT molecular complexity index is 827. The lowest BCUT2D eigenvalue weighted by Gasteiger charge is -2.21. The highest BCUT2D eigenvalue weighted by atomic mass is 16.5.